The number of rotatable bonds is 3. The van der Waals surface area contributed by atoms with E-state index in [0.29, 0.717) is 6.54 Å². The third kappa shape index (κ3) is 3.52. The van der Waals surface area contributed by atoms with E-state index in [-0.39, 0.29) is 6.61 Å². The number of nitrogens with zero attached hydrogens (tertiary/aromatic N) is 1. The van der Waals surface area contributed by atoms with E-state index in [1.807, 2.05) is 0 Å². The van der Waals surface area contributed by atoms with Crippen molar-refractivity contribution in [2.24, 2.45) is 0 Å². The topological polar surface area (TPSA) is 43.7 Å². The van der Waals surface area contributed by atoms with Crippen LogP contribution in [0.3, 0.4) is 0 Å². The lowest BCUT2D eigenvalue weighted by Gasteiger charge is -2.21. The van der Waals surface area contributed by atoms with Gasteiger partial charge in [0.1, 0.15) is 0 Å². The van der Waals surface area contributed by atoms with Gasteiger partial charge in [0, 0.05) is 6.54 Å². The number of β-amino-alcohol motifs (C(OH)–C–C–N with tert-alkyl or cyclic N) is 1. The van der Waals surface area contributed by atoms with Gasteiger partial charge in [-0.2, -0.15) is 0 Å². The smallest absolute Gasteiger partial charge is 0.0897 e. The lowest BCUT2D eigenvalue weighted by Crippen LogP contribution is -2.34. The SMILES string of the molecule is OC[C@H](O)CN1CCCCCC1. The predicted molar refractivity (Wildman–Crippen MR) is 48.0 cm³/mol. The van der Waals surface area contributed by atoms with Gasteiger partial charge < -0.3 is 15.1 Å². The molecule has 0 spiro atoms. The summed E-state index contributed by atoms with van der Waals surface area (Å²) in [6.45, 7) is 2.68. The van der Waals surface area contributed by atoms with Crippen molar-refractivity contribution in [3.63, 3.8) is 0 Å². The molecule has 0 amide bonds. The average molecular weight is 173 g/mol. The largest absolute Gasteiger partial charge is 0.394 e. The molecule has 1 saturated heterocycles. The first-order valence-electron chi connectivity index (χ1n) is 4.84. The van der Waals surface area contributed by atoms with Gasteiger partial charge in [-0.15, -0.1) is 0 Å². The molecule has 0 bridgehead atoms. The van der Waals surface area contributed by atoms with E-state index < -0.39 is 6.10 Å². The first-order valence-corrected chi connectivity index (χ1v) is 4.84. The van der Waals surface area contributed by atoms with E-state index in [1.54, 1.807) is 0 Å². The highest BCUT2D eigenvalue weighted by Gasteiger charge is 2.12. The van der Waals surface area contributed by atoms with Crippen molar-refractivity contribution < 1.29 is 10.2 Å². The van der Waals surface area contributed by atoms with Crippen molar-refractivity contribution in [2.45, 2.75) is 31.8 Å². The number of aliphatic hydroxyl groups excluding tert-OH is 2. The van der Waals surface area contributed by atoms with E-state index in [0.717, 1.165) is 13.1 Å². The Morgan fingerprint density at radius 1 is 1.08 bits per heavy atom. The Kier molecular flexibility index (Phi) is 4.58. The summed E-state index contributed by atoms with van der Waals surface area (Å²) < 4.78 is 0. The normalized spacial score (nSPS) is 23.5. The van der Waals surface area contributed by atoms with Gasteiger partial charge in [0.05, 0.1) is 12.7 Å². The predicted octanol–water partition coefficient (Wildman–Crippen LogP) is 0.216. The Labute approximate surface area is 74.0 Å². The molecule has 1 aliphatic rings. The standard InChI is InChI=1S/C9H19NO2/c11-8-9(12)7-10-5-3-1-2-4-6-10/h9,11-12H,1-8H2/t9-/m1/s1. The molecular formula is C9H19NO2. The van der Waals surface area contributed by atoms with Crippen molar-refractivity contribution in [3.05, 3.63) is 0 Å². The molecule has 1 rings (SSSR count). The summed E-state index contributed by atoms with van der Waals surface area (Å²) >= 11 is 0. The first-order chi connectivity index (χ1) is 5.83. The highest BCUT2D eigenvalue weighted by molar-refractivity contribution is 4.66. The molecule has 12 heavy (non-hydrogen) atoms. The maximum Gasteiger partial charge on any atom is 0.0897 e. The van der Waals surface area contributed by atoms with Crippen LogP contribution in [-0.4, -0.2) is 47.5 Å². The third-order valence-electron chi connectivity index (χ3n) is 2.38. The zero-order valence-corrected chi connectivity index (χ0v) is 7.58. The van der Waals surface area contributed by atoms with E-state index in [9.17, 15) is 5.11 Å². The number of hydrogen-bond donors (Lipinski definition) is 2. The summed E-state index contributed by atoms with van der Waals surface area (Å²) in [6.07, 6.45) is 4.54. The van der Waals surface area contributed by atoms with E-state index in [2.05, 4.69) is 4.90 Å². The molecule has 1 aliphatic heterocycles. The Morgan fingerprint density at radius 2 is 1.67 bits per heavy atom. The summed E-state index contributed by atoms with van der Waals surface area (Å²) in [5.74, 6) is 0. The molecule has 1 fully saturated rings. The van der Waals surface area contributed by atoms with E-state index >= 15 is 0 Å². The van der Waals surface area contributed by atoms with Crippen LogP contribution in [0, 0.1) is 0 Å². The first kappa shape index (κ1) is 9.96. The second-order valence-corrected chi connectivity index (χ2v) is 3.55. The van der Waals surface area contributed by atoms with Crippen LogP contribution in [0.4, 0.5) is 0 Å². The molecule has 0 unspecified atom stereocenters. The van der Waals surface area contributed by atoms with Gasteiger partial charge in [-0.25, -0.2) is 0 Å². The van der Waals surface area contributed by atoms with Gasteiger partial charge in [0.25, 0.3) is 0 Å². The molecule has 0 saturated carbocycles. The van der Waals surface area contributed by atoms with Gasteiger partial charge in [-0.3, -0.25) is 0 Å². The zero-order chi connectivity index (χ0) is 8.81. The number of aliphatic hydroxyl groups is 2. The van der Waals surface area contributed by atoms with Gasteiger partial charge in [-0.05, 0) is 25.9 Å². The van der Waals surface area contributed by atoms with Crippen molar-refractivity contribution in [1.29, 1.82) is 0 Å². The second kappa shape index (κ2) is 5.51. The molecule has 1 atom stereocenters. The summed E-state index contributed by atoms with van der Waals surface area (Å²) in [6, 6.07) is 0. The zero-order valence-electron chi connectivity index (χ0n) is 7.58. The lowest BCUT2D eigenvalue weighted by atomic mass is 10.2. The van der Waals surface area contributed by atoms with Crippen molar-refractivity contribution in [1.82, 2.24) is 4.90 Å². The molecule has 0 aromatic carbocycles. The molecule has 2 N–H and O–H groups in total. The quantitative estimate of drug-likeness (QED) is 0.641. The van der Waals surface area contributed by atoms with Crippen LogP contribution < -0.4 is 0 Å². The lowest BCUT2D eigenvalue weighted by molar-refractivity contribution is 0.0602. The van der Waals surface area contributed by atoms with Crippen LogP contribution in [0.1, 0.15) is 25.7 Å². The second-order valence-electron chi connectivity index (χ2n) is 3.55. The Bertz CT molecular complexity index is 111. The van der Waals surface area contributed by atoms with Gasteiger partial charge >= 0.3 is 0 Å². The summed E-state index contributed by atoms with van der Waals surface area (Å²) in [5.41, 5.74) is 0. The van der Waals surface area contributed by atoms with Crippen LogP contribution in [-0.2, 0) is 0 Å². The third-order valence-corrected chi connectivity index (χ3v) is 2.38. The molecule has 0 radical (unpaired) electrons. The minimum Gasteiger partial charge on any atom is -0.394 e. The summed E-state index contributed by atoms with van der Waals surface area (Å²) in [4.78, 5) is 2.24. The van der Waals surface area contributed by atoms with Gasteiger partial charge in [0.2, 0.25) is 0 Å². The molecule has 3 nitrogen and oxygen atoms in total. The maximum absolute atomic E-state index is 9.21. The number of likely N-dealkylation sites (tertiary alicyclic amines) is 1. The summed E-state index contributed by atoms with van der Waals surface area (Å²) in [5, 5.41) is 17.9. The minimum atomic E-state index is -0.553. The maximum atomic E-state index is 9.21. The Hall–Kier alpha value is -0.120. The van der Waals surface area contributed by atoms with Crippen molar-refractivity contribution in [2.75, 3.05) is 26.2 Å². The molecule has 72 valence electrons. The number of hydrogen-bond acceptors (Lipinski definition) is 3. The highest BCUT2D eigenvalue weighted by atomic mass is 16.3. The summed E-state index contributed by atoms with van der Waals surface area (Å²) in [7, 11) is 0. The van der Waals surface area contributed by atoms with Crippen LogP contribution in [0.15, 0.2) is 0 Å². The van der Waals surface area contributed by atoms with Gasteiger partial charge in [-0.1, -0.05) is 12.8 Å². The van der Waals surface area contributed by atoms with E-state index in [4.69, 9.17) is 5.11 Å². The average Bonchev–Trinajstić information content (AvgIpc) is 2.33. The van der Waals surface area contributed by atoms with Gasteiger partial charge in [0.15, 0.2) is 0 Å². The molecule has 0 aliphatic carbocycles. The van der Waals surface area contributed by atoms with Crippen molar-refractivity contribution in [3.8, 4) is 0 Å². The van der Waals surface area contributed by atoms with Crippen LogP contribution >= 0.6 is 0 Å². The molecule has 3 heteroatoms. The molecule has 1 heterocycles. The van der Waals surface area contributed by atoms with Crippen LogP contribution in [0.2, 0.25) is 0 Å². The minimum absolute atomic E-state index is 0.115. The highest BCUT2D eigenvalue weighted by Crippen LogP contribution is 2.09. The monoisotopic (exact) mass is 173 g/mol. The Morgan fingerprint density at radius 3 is 2.17 bits per heavy atom. The fraction of sp³-hybridized carbons (Fsp3) is 1.00. The van der Waals surface area contributed by atoms with E-state index in [1.165, 1.54) is 25.7 Å². The fourth-order valence-corrected chi connectivity index (χ4v) is 1.67. The Balaban J connectivity index is 2.20. The molecule has 0 aromatic rings. The van der Waals surface area contributed by atoms with Crippen LogP contribution in [0.5, 0.6) is 0 Å². The fourth-order valence-electron chi connectivity index (χ4n) is 1.67. The molecule has 0 aromatic heterocycles. The van der Waals surface area contributed by atoms with Crippen LogP contribution in [0.25, 0.3) is 0 Å². The molecular weight excluding hydrogens is 154 g/mol. The van der Waals surface area contributed by atoms with Crippen molar-refractivity contribution >= 4 is 0 Å².